The van der Waals surface area contributed by atoms with E-state index in [0.29, 0.717) is 23.9 Å². The van der Waals surface area contributed by atoms with Gasteiger partial charge in [0, 0.05) is 24.4 Å². The Morgan fingerprint density at radius 3 is 2.82 bits per heavy atom. The molecule has 2 N–H and O–H groups in total. The van der Waals surface area contributed by atoms with Crippen LogP contribution in [0.4, 0.5) is 4.79 Å². The summed E-state index contributed by atoms with van der Waals surface area (Å²) < 4.78 is 5.21. The molecule has 7 heteroatoms. The summed E-state index contributed by atoms with van der Waals surface area (Å²) >= 11 is 5.81. The Bertz CT molecular complexity index is 568. The minimum absolute atomic E-state index is 0.295. The van der Waals surface area contributed by atoms with Gasteiger partial charge in [-0.3, -0.25) is 0 Å². The molecule has 2 aliphatic rings. The number of carbonyl (C=O) groups excluding carboxylic acids is 1. The van der Waals surface area contributed by atoms with Crippen LogP contribution in [0.15, 0.2) is 29.4 Å². The first kappa shape index (κ1) is 15.1. The first-order chi connectivity index (χ1) is 10.7. The van der Waals surface area contributed by atoms with E-state index in [4.69, 9.17) is 21.2 Å². The molecule has 1 spiro atoms. The molecular formula is C15H18ClN3O3. The molecule has 0 aromatic heterocycles. The maximum absolute atomic E-state index is 11.8. The van der Waals surface area contributed by atoms with Crippen LogP contribution in [-0.4, -0.2) is 30.7 Å². The third-order valence-electron chi connectivity index (χ3n) is 3.89. The number of hydrogen-bond donors (Lipinski definition) is 2. The molecule has 3 rings (SSSR count). The molecule has 0 unspecified atom stereocenters. The quantitative estimate of drug-likeness (QED) is 0.876. The number of ether oxygens (including phenoxy) is 1. The summed E-state index contributed by atoms with van der Waals surface area (Å²) in [5.41, 5.74) is 0.651. The van der Waals surface area contributed by atoms with Crippen LogP contribution < -0.4 is 10.6 Å². The van der Waals surface area contributed by atoms with Gasteiger partial charge in [0.2, 0.25) is 5.90 Å². The second-order valence-electron chi connectivity index (χ2n) is 5.56. The summed E-state index contributed by atoms with van der Waals surface area (Å²) in [6.45, 7) is 2.16. The highest BCUT2D eigenvalue weighted by Crippen LogP contribution is 2.32. The molecule has 1 amide bonds. The molecule has 0 aliphatic carbocycles. The van der Waals surface area contributed by atoms with Crippen molar-refractivity contribution in [2.24, 2.45) is 5.16 Å². The van der Waals surface area contributed by atoms with Gasteiger partial charge in [-0.25, -0.2) is 4.79 Å². The Labute approximate surface area is 133 Å². The van der Waals surface area contributed by atoms with Crippen LogP contribution >= 0.6 is 11.6 Å². The summed E-state index contributed by atoms with van der Waals surface area (Å²) in [7, 11) is 0. The maximum atomic E-state index is 11.8. The van der Waals surface area contributed by atoms with Gasteiger partial charge in [-0.15, -0.1) is 0 Å². The van der Waals surface area contributed by atoms with Crippen molar-refractivity contribution in [2.45, 2.75) is 31.4 Å². The molecule has 0 bridgehead atoms. The van der Waals surface area contributed by atoms with E-state index in [1.54, 1.807) is 12.1 Å². The van der Waals surface area contributed by atoms with Crippen molar-refractivity contribution in [2.75, 3.05) is 13.1 Å². The van der Waals surface area contributed by atoms with Gasteiger partial charge in [0.25, 0.3) is 0 Å². The van der Waals surface area contributed by atoms with E-state index in [-0.39, 0.29) is 5.60 Å². The molecule has 1 saturated heterocycles. The third-order valence-corrected chi connectivity index (χ3v) is 4.14. The second-order valence-corrected chi connectivity index (χ2v) is 5.99. The molecular weight excluding hydrogens is 306 g/mol. The van der Waals surface area contributed by atoms with E-state index in [1.807, 2.05) is 12.1 Å². The molecule has 118 valence electrons. The van der Waals surface area contributed by atoms with Gasteiger partial charge in [0.15, 0.2) is 0 Å². The predicted molar refractivity (Wildman–Crippen MR) is 82.7 cm³/mol. The van der Waals surface area contributed by atoms with Crippen molar-refractivity contribution >= 4 is 23.6 Å². The van der Waals surface area contributed by atoms with Crippen LogP contribution in [0.1, 0.15) is 24.8 Å². The molecule has 0 saturated carbocycles. The van der Waals surface area contributed by atoms with E-state index in [2.05, 4.69) is 15.8 Å². The van der Waals surface area contributed by atoms with E-state index >= 15 is 0 Å². The fourth-order valence-corrected chi connectivity index (χ4v) is 2.74. The summed E-state index contributed by atoms with van der Waals surface area (Å²) in [5, 5.41) is 10.5. The van der Waals surface area contributed by atoms with Gasteiger partial charge in [0.1, 0.15) is 5.60 Å². The fourth-order valence-electron chi connectivity index (χ4n) is 2.61. The minimum atomic E-state index is -0.525. The van der Waals surface area contributed by atoms with E-state index in [9.17, 15) is 4.79 Å². The van der Waals surface area contributed by atoms with Crippen LogP contribution in [0.2, 0.25) is 5.02 Å². The number of amides is 1. The Hall–Kier alpha value is -1.79. The molecule has 0 radical (unpaired) electrons. The number of piperidine rings is 1. The van der Waals surface area contributed by atoms with Crippen LogP contribution in [0.3, 0.4) is 0 Å². The number of benzene rings is 1. The van der Waals surface area contributed by atoms with Gasteiger partial charge in [-0.1, -0.05) is 28.9 Å². The highest BCUT2D eigenvalue weighted by atomic mass is 35.5. The number of rotatable bonds is 2. The van der Waals surface area contributed by atoms with Crippen molar-refractivity contribution in [1.29, 1.82) is 0 Å². The zero-order chi connectivity index (χ0) is 15.4. The van der Waals surface area contributed by atoms with Gasteiger partial charge in [0.05, 0.1) is 6.42 Å². The molecule has 6 nitrogen and oxygen atoms in total. The Kier molecular flexibility index (Phi) is 4.49. The summed E-state index contributed by atoms with van der Waals surface area (Å²) in [6.07, 6.45) is 1.76. The third kappa shape index (κ3) is 3.69. The average Bonchev–Trinajstić information content (AvgIpc) is 2.89. The second kappa shape index (κ2) is 6.54. The number of hydrogen-bond acceptors (Lipinski definition) is 5. The average molecular weight is 324 g/mol. The molecule has 2 aliphatic heterocycles. The Morgan fingerprint density at radius 1 is 1.36 bits per heavy atom. The Balaban J connectivity index is 1.45. The van der Waals surface area contributed by atoms with Crippen LogP contribution in [0.25, 0.3) is 0 Å². The number of nitrogens with one attached hydrogen (secondary N) is 2. The zero-order valence-corrected chi connectivity index (χ0v) is 12.9. The highest BCUT2D eigenvalue weighted by Gasteiger charge is 2.41. The molecule has 0 atom stereocenters. The van der Waals surface area contributed by atoms with Crippen molar-refractivity contribution in [3.63, 3.8) is 0 Å². The first-order valence-corrected chi connectivity index (χ1v) is 7.69. The lowest BCUT2D eigenvalue weighted by Gasteiger charge is -2.30. The molecule has 1 aromatic carbocycles. The van der Waals surface area contributed by atoms with Crippen LogP contribution in [-0.2, 0) is 16.1 Å². The highest BCUT2D eigenvalue weighted by molar-refractivity contribution is 6.30. The van der Waals surface area contributed by atoms with E-state index < -0.39 is 6.09 Å². The maximum Gasteiger partial charge on any atom is 0.414 e. The topological polar surface area (TPSA) is 72.0 Å². The zero-order valence-electron chi connectivity index (χ0n) is 12.1. The van der Waals surface area contributed by atoms with Crippen molar-refractivity contribution in [1.82, 2.24) is 10.6 Å². The molecule has 2 heterocycles. The number of halogens is 1. The molecule has 1 aromatic rings. The number of oxime groups is 1. The predicted octanol–water partition coefficient (Wildman–Crippen LogP) is 2.42. The molecule has 1 fully saturated rings. The first-order valence-electron chi connectivity index (χ1n) is 7.31. The standard InChI is InChI=1S/C15H18ClN3O3/c16-12-3-1-11(2-4-12)10-18-14(20)21-13-9-15(22-19-13)5-7-17-8-6-15/h1-4,17H,5-10H2,(H,18,20). The van der Waals surface area contributed by atoms with Gasteiger partial charge >= 0.3 is 6.09 Å². The largest absolute Gasteiger partial charge is 0.414 e. The lowest BCUT2D eigenvalue weighted by atomic mass is 9.89. The van der Waals surface area contributed by atoms with Gasteiger partial charge in [-0.2, -0.15) is 0 Å². The Morgan fingerprint density at radius 2 is 2.09 bits per heavy atom. The van der Waals surface area contributed by atoms with Gasteiger partial charge < -0.3 is 20.2 Å². The van der Waals surface area contributed by atoms with Crippen molar-refractivity contribution in [3.05, 3.63) is 34.9 Å². The normalized spacial score (nSPS) is 19.4. The molecule has 22 heavy (non-hydrogen) atoms. The van der Waals surface area contributed by atoms with Crippen molar-refractivity contribution < 1.29 is 14.4 Å². The van der Waals surface area contributed by atoms with Crippen LogP contribution in [0, 0.1) is 0 Å². The van der Waals surface area contributed by atoms with Gasteiger partial charge in [-0.05, 0) is 30.8 Å². The summed E-state index contributed by atoms with van der Waals surface area (Å²) in [4.78, 5) is 17.3. The number of alkyl carbamates (subject to hydrolysis) is 1. The number of carbonyl (C=O) groups is 1. The summed E-state index contributed by atoms with van der Waals surface area (Å²) in [6, 6.07) is 7.25. The fraction of sp³-hybridized carbons (Fsp3) is 0.467. The van der Waals surface area contributed by atoms with Crippen molar-refractivity contribution in [3.8, 4) is 0 Å². The van der Waals surface area contributed by atoms with E-state index in [1.165, 1.54) is 0 Å². The minimum Gasteiger partial charge on any atom is -0.392 e. The van der Waals surface area contributed by atoms with Crippen LogP contribution in [0.5, 0.6) is 0 Å². The SMILES string of the molecule is O=C(NCc1ccc(Cl)cc1)OC1=NOC2(CCNCC2)C1. The monoisotopic (exact) mass is 323 g/mol. The van der Waals surface area contributed by atoms with E-state index in [0.717, 1.165) is 31.5 Å². The smallest absolute Gasteiger partial charge is 0.392 e. The lowest BCUT2D eigenvalue weighted by Crippen LogP contribution is -2.42. The number of nitrogens with zero attached hydrogens (tertiary/aromatic N) is 1. The summed E-state index contributed by atoms with van der Waals surface area (Å²) in [5.74, 6) is 0.343. The lowest BCUT2D eigenvalue weighted by molar-refractivity contribution is -0.0400.